The van der Waals surface area contributed by atoms with Crippen LogP contribution in [0.15, 0.2) is 42.5 Å². The predicted octanol–water partition coefficient (Wildman–Crippen LogP) is 2.96. The van der Waals surface area contributed by atoms with Gasteiger partial charge in [-0.2, -0.15) is 5.26 Å². The highest BCUT2D eigenvalue weighted by atomic mass is 32.1. The summed E-state index contributed by atoms with van der Waals surface area (Å²) in [6.45, 7) is 5.58. The monoisotopic (exact) mass is 368 g/mol. The zero-order chi connectivity index (χ0) is 19.1. The Balaban J connectivity index is 1.83. The fraction of sp³-hybridized carbons (Fsp3) is 0.211. The molecule has 0 saturated heterocycles. The quantitative estimate of drug-likeness (QED) is 0.568. The van der Waals surface area contributed by atoms with E-state index >= 15 is 0 Å². The summed E-state index contributed by atoms with van der Waals surface area (Å²) in [5.74, 6) is 0.127. The van der Waals surface area contributed by atoms with Gasteiger partial charge in [0.25, 0.3) is 5.91 Å². The molecule has 0 radical (unpaired) electrons. The number of hydrazine groups is 1. The van der Waals surface area contributed by atoms with Crippen molar-refractivity contribution in [3.05, 3.63) is 59.2 Å². The molecule has 0 aromatic heterocycles. The number of hydrogen-bond acceptors (Lipinski definition) is 4. The summed E-state index contributed by atoms with van der Waals surface area (Å²) in [5.41, 5.74) is 8.72. The van der Waals surface area contributed by atoms with Gasteiger partial charge in [-0.15, -0.1) is 0 Å². The van der Waals surface area contributed by atoms with Gasteiger partial charge in [0, 0.05) is 5.69 Å². The Bertz CT molecular complexity index is 844. The zero-order valence-electron chi connectivity index (χ0n) is 14.8. The molecule has 134 valence electrons. The molecule has 0 spiro atoms. The first kappa shape index (κ1) is 19.2. The van der Waals surface area contributed by atoms with Crippen molar-refractivity contribution in [2.24, 2.45) is 0 Å². The molecule has 6 nitrogen and oxygen atoms in total. The number of amides is 1. The molecule has 0 aliphatic rings. The molecular weight excluding hydrogens is 348 g/mol. The van der Waals surface area contributed by atoms with E-state index in [0.29, 0.717) is 11.3 Å². The minimum Gasteiger partial charge on any atom is -0.481 e. The first-order valence-corrected chi connectivity index (χ1v) is 8.41. The number of nitrogens with zero attached hydrogens (tertiary/aromatic N) is 1. The zero-order valence-corrected chi connectivity index (χ0v) is 15.6. The lowest BCUT2D eigenvalue weighted by Crippen LogP contribution is -2.48. The largest absolute Gasteiger partial charge is 0.481 e. The van der Waals surface area contributed by atoms with Gasteiger partial charge in [-0.05, 0) is 74.4 Å². The number of nitriles is 1. The van der Waals surface area contributed by atoms with E-state index in [1.54, 1.807) is 31.2 Å². The molecule has 0 saturated carbocycles. The van der Waals surface area contributed by atoms with Crippen molar-refractivity contribution in [1.82, 2.24) is 10.9 Å². The molecular formula is C19H20N4O2S. The molecule has 0 bridgehead atoms. The van der Waals surface area contributed by atoms with Crippen molar-refractivity contribution in [2.75, 3.05) is 5.32 Å². The van der Waals surface area contributed by atoms with Crippen LogP contribution in [0, 0.1) is 25.2 Å². The van der Waals surface area contributed by atoms with Crippen molar-refractivity contribution >= 4 is 28.9 Å². The van der Waals surface area contributed by atoms with E-state index in [2.05, 4.69) is 16.2 Å². The maximum Gasteiger partial charge on any atom is 0.279 e. The van der Waals surface area contributed by atoms with Gasteiger partial charge in [-0.3, -0.25) is 15.6 Å². The highest BCUT2D eigenvalue weighted by Gasteiger charge is 2.15. The highest BCUT2D eigenvalue weighted by Crippen LogP contribution is 2.16. The summed E-state index contributed by atoms with van der Waals surface area (Å²) < 4.78 is 5.54. The number of aryl methyl sites for hydroxylation is 2. The normalized spacial score (nSPS) is 11.0. The smallest absolute Gasteiger partial charge is 0.279 e. The van der Waals surface area contributed by atoms with E-state index in [0.717, 1.165) is 16.8 Å². The molecule has 0 aliphatic heterocycles. The van der Waals surface area contributed by atoms with Crippen LogP contribution in [-0.2, 0) is 4.79 Å². The number of anilines is 1. The summed E-state index contributed by atoms with van der Waals surface area (Å²) in [5, 5.41) is 12.1. The molecule has 7 heteroatoms. The number of carbonyl (C=O) groups is 1. The van der Waals surface area contributed by atoms with E-state index in [-0.39, 0.29) is 11.0 Å². The van der Waals surface area contributed by atoms with E-state index in [9.17, 15) is 4.79 Å². The molecule has 1 unspecified atom stereocenters. The number of ether oxygens (including phenoxy) is 1. The minimum absolute atomic E-state index is 0.276. The van der Waals surface area contributed by atoms with Gasteiger partial charge in [-0.1, -0.05) is 12.1 Å². The summed E-state index contributed by atoms with van der Waals surface area (Å²) in [6, 6.07) is 14.5. The number of rotatable bonds is 4. The first-order chi connectivity index (χ1) is 12.4. The Morgan fingerprint density at radius 1 is 1.15 bits per heavy atom. The van der Waals surface area contributed by atoms with Crippen LogP contribution in [0.4, 0.5) is 5.69 Å². The topological polar surface area (TPSA) is 86.2 Å². The maximum absolute atomic E-state index is 12.1. The SMILES string of the molecule is Cc1ccc(C)c(NC(=S)NNC(=O)C(C)Oc2ccc(C#N)cc2)c1. The molecule has 2 aromatic rings. The molecule has 3 N–H and O–H groups in total. The van der Waals surface area contributed by atoms with Crippen LogP contribution in [0.5, 0.6) is 5.75 Å². The average molecular weight is 368 g/mol. The third-order valence-electron chi connectivity index (χ3n) is 3.61. The van der Waals surface area contributed by atoms with E-state index < -0.39 is 6.10 Å². The molecule has 1 amide bonds. The fourth-order valence-electron chi connectivity index (χ4n) is 2.11. The van der Waals surface area contributed by atoms with Gasteiger partial charge in [-0.25, -0.2) is 0 Å². The lowest BCUT2D eigenvalue weighted by atomic mass is 10.1. The Morgan fingerprint density at radius 2 is 1.85 bits per heavy atom. The van der Waals surface area contributed by atoms with Gasteiger partial charge in [0.2, 0.25) is 0 Å². The molecule has 1 atom stereocenters. The number of nitrogens with one attached hydrogen (secondary N) is 3. The average Bonchev–Trinajstić information content (AvgIpc) is 2.63. The standard InChI is InChI=1S/C19H20N4O2S/c1-12-4-5-13(2)17(10-12)21-19(26)23-22-18(24)14(3)25-16-8-6-15(11-20)7-9-16/h4-10,14H,1-3H3,(H,22,24)(H2,21,23,26). The van der Waals surface area contributed by atoms with Crippen LogP contribution in [-0.4, -0.2) is 17.1 Å². The van der Waals surface area contributed by atoms with Crippen molar-refractivity contribution < 1.29 is 9.53 Å². The minimum atomic E-state index is -0.737. The molecule has 2 rings (SSSR count). The Hall–Kier alpha value is -3.11. The van der Waals surface area contributed by atoms with E-state index in [4.69, 9.17) is 22.2 Å². The van der Waals surface area contributed by atoms with E-state index in [1.807, 2.05) is 38.1 Å². The van der Waals surface area contributed by atoms with Gasteiger partial charge in [0.15, 0.2) is 11.2 Å². The first-order valence-electron chi connectivity index (χ1n) is 8.00. The highest BCUT2D eigenvalue weighted by molar-refractivity contribution is 7.80. The van der Waals surface area contributed by atoms with Crippen LogP contribution < -0.4 is 20.9 Å². The number of carbonyl (C=O) groups excluding carboxylic acids is 1. The van der Waals surface area contributed by atoms with Gasteiger partial charge >= 0.3 is 0 Å². The Kier molecular flexibility index (Phi) is 6.53. The van der Waals surface area contributed by atoms with Crippen LogP contribution in [0.3, 0.4) is 0 Å². The van der Waals surface area contributed by atoms with Crippen molar-refractivity contribution in [2.45, 2.75) is 26.9 Å². The molecule has 2 aromatic carbocycles. The summed E-state index contributed by atoms with van der Waals surface area (Å²) in [7, 11) is 0. The molecule has 26 heavy (non-hydrogen) atoms. The van der Waals surface area contributed by atoms with Crippen molar-refractivity contribution in [1.29, 1.82) is 5.26 Å². The predicted molar refractivity (Wildman–Crippen MR) is 105 cm³/mol. The number of benzene rings is 2. The number of thiocarbonyl (C=S) groups is 1. The van der Waals surface area contributed by atoms with Gasteiger partial charge in [0.05, 0.1) is 11.6 Å². The summed E-state index contributed by atoms with van der Waals surface area (Å²) in [4.78, 5) is 12.1. The van der Waals surface area contributed by atoms with E-state index in [1.165, 1.54) is 0 Å². The molecule has 0 heterocycles. The van der Waals surface area contributed by atoms with Gasteiger partial charge in [0.1, 0.15) is 5.75 Å². The van der Waals surface area contributed by atoms with Crippen molar-refractivity contribution in [3.8, 4) is 11.8 Å². The second-order valence-corrected chi connectivity index (χ2v) is 6.19. The maximum atomic E-state index is 12.1. The third-order valence-corrected chi connectivity index (χ3v) is 3.81. The lowest BCUT2D eigenvalue weighted by Gasteiger charge is -2.17. The van der Waals surface area contributed by atoms with Crippen LogP contribution in [0.1, 0.15) is 23.6 Å². The second-order valence-electron chi connectivity index (χ2n) is 5.78. The number of hydrogen-bond donors (Lipinski definition) is 3. The second kappa shape index (κ2) is 8.83. The van der Waals surface area contributed by atoms with Crippen molar-refractivity contribution in [3.63, 3.8) is 0 Å². The summed E-state index contributed by atoms with van der Waals surface area (Å²) >= 11 is 5.19. The fourth-order valence-corrected chi connectivity index (χ4v) is 2.27. The van der Waals surface area contributed by atoms with Gasteiger partial charge < -0.3 is 10.1 Å². The van der Waals surface area contributed by atoms with Crippen LogP contribution in [0.2, 0.25) is 0 Å². The lowest BCUT2D eigenvalue weighted by molar-refractivity contribution is -0.127. The molecule has 0 aliphatic carbocycles. The Labute approximate surface area is 158 Å². The Morgan fingerprint density at radius 3 is 2.50 bits per heavy atom. The third kappa shape index (κ3) is 5.46. The molecule has 0 fully saturated rings. The van der Waals surface area contributed by atoms with Crippen LogP contribution >= 0.6 is 12.2 Å². The van der Waals surface area contributed by atoms with Crippen LogP contribution in [0.25, 0.3) is 0 Å². The summed E-state index contributed by atoms with van der Waals surface area (Å²) in [6.07, 6.45) is -0.737.